The molecule has 0 heterocycles. The zero-order valence-electron chi connectivity index (χ0n) is 13.9. The molecular formula is C17H20N2O5S. The van der Waals surface area contributed by atoms with Crippen molar-refractivity contribution in [3.63, 3.8) is 0 Å². The Balaban J connectivity index is 2.15. The highest BCUT2D eigenvalue weighted by molar-refractivity contribution is 7.91. The Morgan fingerprint density at radius 3 is 2.16 bits per heavy atom. The van der Waals surface area contributed by atoms with Crippen LogP contribution in [-0.2, 0) is 14.6 Å². The van der Waals surface area contributed by atoms with Gasteiger partial charge in [0.15, 0.2) is 9.84 Å². The first kappa shape index (κ1) is 18.9. The lowest BCUT2D eigenvalue weighted by Crippen LogP contribution is -2.46. The van der Waals surface area contributed by atoms with Crippen LogP contribution in [0.4, 0.5) is 0 Å². The normalized spacial score (nSPS) is 12.6. The van der Waals surface area contributed by atoms with Crippen LogP contribution >= 0.6 is 0 Å². The van der Waals surface area contributed by atoms with Crippen molar-refractivity contribution in [3.8, 4) is 11.5 Å². The largest absolute Gasteiger partial charge is 0.457 e. The number of benzene rings is 2. The standard InChI is InChI=1S/C17H20N2O5S/c1-19(2)16(17(20)18-21)12-25(22,23)15-10-8-14(9-11-15)24-13-6-4-3-5-7-13/h3-11,16,21H,12H2,1-2H3,(H,18,20)/t16-/m0/s1. The van der Waals surface area contributed by atoms with Crippen LogP contribution in [0, 0.1) is 0 Å². The van der Waals surface area contributed by atoms with Crippen LogP contribution in [0.15, 0.2) is 59.5 Å². The molecule has 1 amide bonds. The molecule has 8 heteroatoms. The van der Waals surface area contributed by atoms with Crippen LogP contribution in [0.2, 0.25) is 0 Å². The average molecular weight is 364 g/mol. The number of hydroxylamine groups is 1. The summed E-state index contributed by atoms with van der Waals surface area (Å²) in [6, 6.07) is 14.1. The van der Waals surface area contributed by atoms with Gasteiger partial charge in [0, 0.05) is 0 Å². The number of ether oxygens (including phenoxy) is 1. The Bertz CT molecular complexity index is 805. The average Bonchev–Trinajstić information content (AvgIpc) is 2.60. The number of amides is 1. The van der Waals surface area contributed by atoms with Crippen molar-refractivity contribution in [1.29, 1.82) is 0 Å². The summed E-state index contributed by atoms with van der Waals surface area (Å²) < 4.78 is 30.6. The van der Waals surface area contributed by atoms with Crippen molar-refractivity contribution in [1.82, 2.24) is 10.4 Å². The number of carbonyl (C=O) groups is 1. The van der Waals surface area contributed by atoms with Gasteiger partial charge in [0.2, 0.25) is 0 Å². The van der Waals surface area contributed by atoms with Gasteiger partial charge in [-0.15, -0.1) is 0 Å². The van der Waals surface area contributed by atoms with Crippen molar-refractivity contribution >= 4 is 15.7 Å². The predicted molar refractivity (Wildman–Crippen MR) is 92.4 cm³/mol. The van der Waals surface area contributed by atoms with Crippen molar-refractivity contribution in [3.05, 3.63) is 54.6 Å². The molecule has 0 unspecified atom stereocenters. The van der Waals surface area contributed by atoms with Crippen molar-refractivity contribution < 1.29 is 23.2 Å². The predicted octanol–water partition coefficient (Wildman–Crippen LogP) is 1.69. The lowest BCUT2D eigenvalue weighted by atomic mass is 10.3. The summed E-state index contributed by atoms with van der Waals surface area (Å²) in [7, 11) is -0.595. The number of sulfone groups is 1. The molecule has 0 fully saturated rings. The molecule has 0 aliphatic rings. The number of nitrogens with one attached hydrogen (secondary N) is 1. The van der Waals surface area contributed by atoms with Crippen molar-refractivity contribution in [2.45, 2.75) is 10.9 Å². The number of rotatable bonds is 7. The monoisotopic (exact) mass is 364 g/mol. The smallest absolute Gasteiger partial charge is 0.261 e. The van der Waals surface area contributed by atoms with E-state index in [1.807, 2.05) is 18.2 Å². The molecule has 0 aromatic heterocycles. The number of nitrogens with zero attached hydrogens (tertiary/aromatic N) is 1. The van der Waals surface area contributed by atoms with E-state index in [4.69, 9.17) is 9.94 Å². The molecule has 0 saturated carbocycles. The molecule has 0 spiro atoms. The van der Waals surface area contributed by atoms with Gasteiger partial charge in [-0.2, -0.15) is 0 Å². The first-order valence-corrected chi connectivity index (χ1v) is 9.15. The van der Waals surface area contributed by atoms with Crippen LogP contribution in [0.5, 0.6) is 11.5 Å². The minimum Gasteiger partial charge on any atom is -0.457 e. The van der Waals surface area contributed by atoms with Crippen LogP contribution in [-0.4, -0.2) is 50.3 Å². The molecule has 0 bridgehead atoms. The van der Waals surface area contributed by atoms with Gasteiger partial charge < -0.3 is 4.74 Å². The van der Waals surface area contributed by atoms with Gasteiger partial charge in [-0.25, -0.2) is 13.9 Å². The second kappa shape index (κ2) is 8.11. The highest BCUT2D eigenvalue weighted by atomic mass is 32.2. The van der Waals surface area contributed by atoms with Crippen LogP contribution in [0.3, 0.4) is 0 Å². The Labute approximate surface area is 146 Å². The van der Waals surface area contributed by atoms with E-state index in [1.54, 1.807) is 38.4 Å². The van der Waals surface area contributed by atoms with E-state index in [-0.39, 0.29) is 4.90 Å². The summed E-state index contributed by atoms with van der Waals surface area (Å²) in [6.45, 7) is 0. The third kappa shape index (κ3) is 5.02. The number of para-hydroxylation sites is 1. The highest BCUT2D eigenvalue weighted by Gasteiger charge is 2.28. The Hall–Kier alpha value is -2.42. The summed E-state index contributed by atoms with van der Waals surface area (Å²) in [5, 5.41) is 8.76. The number of hydrogen-bond donors (Lipinski definition) is 2. The third-order valence-corrected chi connectivity index (χ3v) is 5.32. The fourth-order valence-electron chi connectivity index (χ4n) is 2.18. The second-order valence-corrected chi connectivity index (χ2v) is 7.66. The van der Waals surface area contributed by atoms with Gasteiger partial charge in [0.1, 0.15) is 17.5 Å². The van der Waals surface area contributed by atoms with E-state index in [2.05, 4.69) is 0 Å². The fourth-order valence-corrected chi connectivity index (χ4v) is 3.79. The summed E-state index contributed by atoms with van der Waals surface area (Å²) in [5.41, 5.74) is 1.49. The first-order chi connectivity index (χ1) is 11.8. The van der Waals surface area contributed by atoms with Crippen molar-refractivity contribution in [2.75, 3.05) is 19.8 Å². The maximum absolute atomic E-state index is 12.5. The zero-order chi connectivity index (χ0) is 18.4. The van der Waals surface area contributed by atoms with Gasteiger partial charge >= 0.3 is 0 Å². The molecule has 2 aromatic carbocycles. The minimum atomic E-state index is -3.72. The summed E-state index contributed by atoms with van der Waals surface area (Å²) in [4.78, 5) is 13.1. The van der Waals surface area contributed by atoms with Crippen LogP contribution in [0.1, 0.15) is 0 Å². The molecule has 0 aliphatic carbocycles. The molecule has 2 N–H and O–H groups in total. The van der Waals surface area contributed by atoms with E-state index in [9.17, 15) is 13.2 Å². The molecule has 7 nitrogen and oxygen atoms in total. The Kier molecular flexibility index (Phi) is 6.13. The summed E-state index contributed by atoms with van der Waals surface area (Å²) >= 11 is 0. The van der Waals surface area contributed by atoms with E-state index in [1.165, 1.54) is 22.5 Å². The van der Waals surface area contributed by atoms with E-state index >= 15 is 0 Å². The lowest BCUT2D eigenvalue weighted by molar-refractivity contribution is -0.133. The van der Waals surface area contributed by atoms with Gasteiger partial charge in [0.25, 0.3) is 5.91 Å². The molecule has 1 atom stereocenters. The summed E-state index contributed by atoms with van der Waals surface area (Å²) in [6.07, 6.45) is 0. The molecule has 2 aromatic rings. The third-order valence-electron chi connectivity index (χ3n) is 3.58. The minimum absolute atomic E-state index is 0.0745. The maximum Gasteiger partial charge on any atom is 0.261 e. The zero-order valence-corrected chi connectivity index (χ0v) is 14.7. The Morgan fingerprint density at radius 2 is 1.64 bits per heavy atom. The van der Waals surface area contributed by atoms with Crippen LogP contribution in [0.25, 0.3) is 0 Å². The van der Waals surface area contributed by atoms with E-state index in [0.717, 1.165) is 0 Å². The topological polar surface area (TPSA) is 95.9 Å². The second-order valence-electron chi connectivity index (χ2n) is 5.62. The Morgan fingerprint density at radius 1 is 1.08 bits per heavy atom. The fraction of sp³-hybridized carbons (Fsp3) is 0.235. The quantitative estimate of drug-likeness (QED) is 0.573. The molecule has 0 saturated heterocycles. The van der Waals surface area contributed by atoms with Gasteiger partial charge in [-0.3, -0.25) is 14.9 Å². The maximum atomic E-state index is 12.5. The molecule has 2 rings (SSSR count). The molecule has 134 valence electrons. The number of likely N-dealkylation sites (N-methyl/N-ethyl adjacent to an activating group) is 1. The number of hydrogen-bond acceptors (Lipinski definition) is 6. The van der Waals surface area contributed by atoms with Crippen molar-refractivity contribution in [2.24, 2.45) is 0 Å². The molecule has 0 radical (unpaired) electrons. The molecule has 0 aliphatic heterocycles. The van der Waals surface area contributed by atoms with Gasteiger partial charge in [-0.1, -0.05) is 18.2 Å². The highest BCUT2D eigenvalue weighted by Crippen LogP contribution is 2.23. The molecular weight excluding hydrogens is 344 g/mol. The SMILES string of the molecule is CN(C)[C@@H](CS(=O)(=O)c1ccc(Oc2ccccc2)cc1)C(=O)NO. The lowest BCUT2D eigenvalue weighted by Gasteiger charge is -2.21. The number of carbonyl (C=O) groups excluding carboxylic acids is 1. The van der Waals surface area contributed by atoms with Crippen LogP contribution < -0.4 is 10.2 Å². The van der Waals surface area contributed by atoms with E-state index in [0.29, 0.717) is 11.5 Å². The summed E-state index contributed by atoms with van der Waals surface area (Å²) in [5.74, 6) is -0.0870. The van der Waals surface area contributed by atoms with Gasteiger partial charge in [-0.05, 0) is 50.5 Å². The first-order valence-electron chi connectivity index (χ1n) is 7.49. The van der Waals surface area contributed by atoms with E-state index < -0.39 is 27.5 Å². The molecule has 25 heavy (non-hydrogen) atoms. The van der Waals surface area contributed by atoms with Gasteiger partial charge in [0.05, 0.1) is 10.6 Å².